The average molecular weight is 334 g/mol. The van der Waals surface area contributed by atoms with Crippen molar-refractivity contribution in [1.29, 1.82) is 0 Å². The minimum absolute atomic E-state index is 0.113. The summed E-state index contributed by atoms with van der Waals surface area (Å²) in [5.74, 6) is -0.495. The Balaban J connectivity index is 1.98. The van der Waals surface area contributed by atoms with Gasteiger partial charge >= 0.3 is 0 Å². The lowest BCUT2D eigenvalue weighted by atomic mass is 10.1. The van der Waals surface area contributed by atoms with E-state index in [-0.39, 0.29) is 12.3 Å². The monoisotopic (exact) mass is 333 g/mol. The number of hydrogen-bond donors (Lipinski definition) is 0. The second kappa shape index (κ2) is 4.72. The summed E-state index contributed by atoms with van der Waals surface area (Å²) in [6, 6.07) is 8.16. The van der Waals surface area contributed by atoms with Gasteiger partial charge in [0, 0.05) is 4.47 Å². The van der Waals surface area contributed by atoms with E-state index < -0.39 is 11.7 Å². The van der Waals surface area contributed by atoms with E-state index in [1.165, 1.54) is 11.0 Å². The van der Waals surface area contributed by atoms with E-state index in [9.17, 15) is 14.4 Å². The normalized spacial score (nSPS) is 13.8. The zero-order valence-corrected chi connectivity index (χ0v) is 11.7. The quantitative estimate of drug-likeness (QED) is 0.639. The van der Waals surface area contributed by atoms with E-state index in [2.05, 4.69) is 15.9 Å². The fourth-order valence-electron chi connectivity index (χ4n) is 2.12. The second-order valence-electron chi connectivity index (χ2n) is 4.30. The van der Waals surface area contributed by atoms with Crippen LogP contribution in [0.2, 0.25) is 0 Å². The third kappa shape index (κ3) is 1.98. The highest BCUT2D eigenvalue weighted by molar-refractivity contribution is 9.10. The van der Waals surface area contributed by atoms with Gasteiger partial charge in [-0.25, -0.2) is 0 Å². The first-order valence-corrected chi connectivity index (χ1v) is 6.59. The molecule has 0 radical (unpaired) electrons. The average Bonchev–Trinajstić information content (AvgIpc) is 2.98. The molecule has 0 N–H and O–H groups in total. The van der Waals surface area contributed by atoms with Crippen LogP contribution in [0.25, 0.3) is 0 Å². The Bertz CT molecular complexity index is 735. The van der Waals surface area contributed by atoms with Gasteiger partial charge in [-0.3, -0.25) is 19.3 Å². The standard InChI is InChI=1S/C14H8BrNO4/c15-8-1-4-11-12(5-8)16(14(19)13(11)18)6-9-2-3-10(7-17)20-9/h1-5,7H,6H2. The first-order valence-electron chi connectivity index (χ1n) is 5.80. The van der Waals surface area contributed by atoms with E-state index in [0.29, 0.717) is 23.3 Å². The van der Waals surface area contributed by atoms with Crippen LogP contribution in [-0.2, 0) is 11.3 Å². The summed E-state index contributed by atoms with van der Waals surface area (Å²) in [6.45, 7) is 0.113. The van der Waals surface area contributed by atoms with Crippen LogP contribution in [-0.4, -0.2) is 18.0 Å². The van der Waals surface area contributed by atoms with Gasteiger partial charge in [-0.15, -0.1) is 0 Å². The van der Waals surface area contributed by atoms with Crippen LogP contribution >= 0.6 is 15.9 Å². The number of carbonyl (C=O) groups excluding carboxylic acids is 3. The molecular formula is C14H8BrNO4. The zero-order valence-electron chi connectivity index (χ0n) is 10.1. The summed E-state index contributed by atoms with van der Waals surface area (Å²) in [5.41, 5.74) is 0.916. The molecule has 0 saturated carbocycles. The third-order valence-electron chi connectivity index (χ3n) is 3.05. The summed E-state index contributed by atoms with van der Waals surface area (Å²) in [6.07, 6.45) is 0.588. The lowest BCUT2D eigenvalue weighted by molar-refractivity contribution is -0.114. The molecule has 1 amide bonds. The summed E-state index contributed by atoms with van der Waals surface area (Å²) >= 11 is 3.31. The Morgan fingerprint density at radius 2 is 2.00 bits per heavy atom. The Kier molecular flexibility index (Phi) is 3.02. The number of hydrogen-bond acceptors (Lipinski definition) is 4. The molecule has 1 aliphatic rings. The Hall–Kier alpha value is -2.21. The Labute approximate surface area is 122 Å². The maximum absolute atomic E-state index is 12.0. The van der Waals surface area contributed by atoms with Gasteiger partial charge in [-0.1, -0.05) is 15.9 Å². The highest BCUT2D eigenvalue weighted by Gasteiger charge is 2.36. The Morgan fingerprint density at radius 1 is 1.20 bits per heavy atom. The number of fused-ring (bicyclic) bond motifs is 1. The van der Waals surface area contributed by atoms with Crippen molar-refractivity contribution in [2.45, 2.75) is 6.54 Å². The molecule has 0 spiro atoms. The van der Waals surface area contributed by atoms with Crippen molar-refractivity contribution in [1.82, 2.24) is 0 Å². The number of amides is 1. The van der Waals surface area contributed by atoms with E-state index in [0.717, 1.165) is 4.47 Å². The Morgan fingerprint density at radius 3 is 2.70 bits per heavy atom. The zero-order chi connectivity index (χ0) is 14.3. The molecule has 20 heavy (non-hydrogen) atoms. The van der Waals surface area contributed by atoms with Gasteiger partial charge in [0.05, 0.1) is 17.8 Å². The minimum Gasteiger partial charge on any atom is -0.456 e. The number of benzene rings is 1. The van der Waals surface area contributed by atoms with Crippen LogP contribution in [0.5, 0.6) is 0 Å². The number of furan rings is 1. The van der Waals surface area contributed by atoms with Crippen molar-refractivity contribution in [3.05, 3.63) is 51.9 Å². The second-order valence-corrected chi connectivity index (χ2v) is 5.22. The summed E-state index contributed by atoms with van der Waals surface area (Å²) in [4.78, 5) is 35.8. The lowest BCUT2D eigenvalue weighted by Gasteiger charge is -2.14. The molecule has 2 heterocycles. The third-order valence-corrected chi connectivity index (χ3v) is 3.54. The minimum atomic E-state index is -0.595. The van der Waals surface area contributed by atoms with Crippen LogP contribution in [0.4, 0.5) is 5.69 Å². The maximum Gasteiger partial charge on any atom is 0.299 e. The number of nitrogens with zero attached hydrogens (tertiary/aromatic N) is 1. The van der Waals surface area contributed by atoms with E-state index in [1.54, 1.807) is 24.3 Å². The van der Waals surface area contributed by atoms with Gasteiger partial charge in [0.2, 0.25) is 0 Å². The van der Waals surface area contributed by atoms with E-state index in [4.69, 9.17) is 4.42 Å². The van der Waals surface area contributed by atoms with Gasteiger partial charge in [0.1, 0.15) is 5.76 Å². The summed E-state index contributed by atoms with van der Waals surface area (Å²) in [5, 5.41) is 0. The highest BCUT2D eigenvalue weighted by Crippen LogP contribution is 2.32. The number of halogens is 1. The topological polar surface area (TPSA) is 67.6 Å². The van der Waals surface area contributed by atoms with Gasteiger partial charge in [0.15, 0.2) is 12.0 Å². The van der Waals surface area contributed by atoms with Crippen LogP contribution in [0.3, 0.4) is 0 Å². The van der Waals surface area contributed by atoms with Gasteiger partial charge in [0.25, 0.3) is 11.7 Å². The van der Waals surface area contributed by atoms with Crippen molar-refractivity contribution in [2.75, 3.05) is 4.90 Å². The molecular weight excluding hydrogens is 326 g/mol. The smallest absolute Gasteiger partial charge is 0.299 e. The predicted octanol–water partition coefficient (Wildman–Crippen LogP) is 2.58. The first-order chi connectivity index (χ1) is 9.60. The molecule has 6 heteroatoms. The number of rotatable bonds is 3. The van der Waals surface area contributed by atoms with Crippen LogP contribution < -0.4 is 4.90 Å². The van der Waals surface area contributed by atoms with Crippen molar-refractivity contribution < 1.29 is 18.8 Å². The first kappa shape index (κ1) is 12.8. The number of Topliss-reactive ketones (excluding diaryl/α,β-unsaturated/α-hetero) is 1. The number of aldehydes is 1. The van der Waals surface area contributed by atoms with Gasteiger partial charge in [-0.2, -0.15) is 0 Å². The lowest BCUT2D eigenvalue weighted by Crippen LogP contribution is -2.28. The molecule has 3 rings (SSSR count). The van der Waals surface area contributed by atoms with E-state index in [1.807, 2.05) is 0 Å². The molecule has 0 bridgehead atoms. The molecule has 1 aromatic carbocycles. The molecule has 5 nitrogen and oxygen atoms in total. The van der Waals surface area contributed by atoms with Crippen molar-refractivity contribution in [3.63, 3.8) is 0 Å². The molecule has 1 aromatic heterocycles. The van der Waals surface area contributed by atoms with Crippen LogP contribution in [0, 0.1) is 0 Å². The van der Waals surface area contributed by atoms with Gasteiger partial charge in [-0.05, 0) is 30.3 Å². The molecule has 1 aliphatic heterocycles. The number of carbonyl (C=O) groups is 3. The highest BCUT2D eigenvalue weighted by atomic mass is 79.9. The number of anilines is 1. The number of ketones is 1. The van der Waals surface area contributed by atoms with Crippen molar-refractivity contribution in [3.8, 4) is 0 Å². The van der Waals surface area contributed by atoms with Gasteiger partial charge < -0.3 is 4.42 Å². The SMILES string of the molecule is O=Cc1ccc(CN2C(=O)C(=O)c3ccc(Br)cc32)o1. The van der Waals surface area contributed by atoms with Crippen LogP contribution in [0.1, 0.15) is 26.7 Å². The molecule has 0 aliphatic carbocycles. The molecule has 0 fully saturated rings. The maximum atomic E-state index is 12.0. The summed E-state index contributed by atoms with van der Waals surface area (Å²) < 4.78 is 6.01. The van der Waals surface area contributed by atoms with Crippen molar-refractivity contribution in [2.24, 2.45) is 0 Å². The molecule has 0 saturated heterocycles. The fraction of sp³-hybridized carbons (Fsp3) is 0.0714. The van der Waals surface area contributed by atoms with Crippen molar-refractivity contribution >= 4 is 39.6 Å². The predicted molar refractivity (Wildman–Crippen MR) is 73.8 cm³/mol. The largest absolute Gasteiger partial charge is 0.456 e. The van der Waals surface area contributed by atoms with Crippen LogP contribution in [0.15, 0.2) is 39.2 Å². The molecule has 0 unspecified atom stereocenters. The van der Waals surface area contributed by atoms with E-state index >= 15 is 0 Å². The molecule has 2 aromatic rings. The molecule has 0 atom stereocenters. The summed E-state index contributed by atoms with van der Waals surface area (Å²) in [7, 11) is 0. The molecule has 100 valence electrons. The fourth-order valence-corrected chi connectivity index (χ4v) is 2.47.